The first kappa shape index (κ1) is 12.2. The molecule has 1 saturated carbocycles. The fourth-order valence-corrected chi connectivity index (χ4v) is 1.80. The third kappa shape index (κ3) is 3.35. The van der Waals surface area contributed by atoms with E-state index in [2.05, 4.69) is 22.3 Å². The first-order valence-corrected chi connectivity index (χ1v) is 6.71. The fourth-order valence-electron chi connectivity index (χ4n) is 1.80. The summed E-state index contributed by atoms with van der Waals surface area (Å²) in [6.45, 7) is 3.72. The molecule has 0 atom stereocenters. The molecule has 1 aliphatic rings. The van der Waals surface area contributed by atoms with Gasteiger partial charge in [0.25, 0.3) is 0 Å². The molecule has 2 heterocycles. The normalized spacial score (nSPS) is 14.8. The zero-order valence-electron chi connectivity index (χ0n) is 11.0. The topological polar surface area (TPSA) is 65.1 Å². The Bertz CT molecular complexity index is 530. The van der Waals surface area contributed by atoms with Crippen LogP contribution < -0.4 is 10.1 Å². The molecule has 1 N–H and O–H groups in total. The molecule has 102 valence electrons. The zero-order chi connectivity index (χ0) is 13.1. The summed E-state index contributed by atoms with van der Waals surface area (Å²) in [6, 6.07) is 0.661. The van der Waals surface area contributed by atoms with Gasteiger partial charge < -0.3 is 14.5 Å². The molecule has 0 amide bonds. The summed E-state index contributed by atoms with van der Waals surface area (Å²) in [5, 5.41) is 7.56. The van der Waals surface area contributed by atoms with Crippen LogP contribution in [0.15, 0.2) is 23.1 Å². The molecule has 19 heavy (non-hydrogen) atoms. The second kappa shape index (κ2) is 5.44. The number of hydrogen-bond acceptors (Lipinski definition) is 5. The van der Waals surface area contributed by atoms with E-state index in [1.54, 1.807) is 12.5 Å². The van der Waals surface area contributed by atoms with Crippen molar-refractivity contribution in [2.45, 2.75) is 45.3 Å². The molecular formula is C13H18N4O2. The van der Waals surface area contributed by atoms with Crippen LogP contribution in [0, 0.1) is 0 Å². The van der Waals surface area contributed by atoms with E-state index in [9.17, 15) is 0 Å². The predicted octanol–water partition coefficient (Wildman–Crippen LogP) is 2.33. The molecule has 0 unspecified atom stereocenters. The maximum atomic E-state index is 5.52. The van der Waals surface area contributed by atoms with Gasteiger partial charge >= 0.3 is 6.08 Å². The van der Waals surface area contributed by atoms with Gasteiger partial charge in [-0.1, -0.05) is 6.92 Å². The average Bonchev–Trinajstić information content (AvgIpc) is 2.97. The minimum atomic E-state index is 0.267. The van der Waals surface area contributed by atoms with Crippen LogP contribution in [0.4, 0.5) is 0 Å². The number of oxazole rings is 1. The first-order chi connectivity index (χ1) is 9.33. The Morgan fingerprint density at radius 1 is 1.53 bits per heavy atom. The van der Waals surface area contributed by atoms with Crippen LogP contribution >= 0.6 is 0 Å². The van der Waals surface area contributed by atoms with Crippen LogP contribution in [0.25, 0.3) is 0 Å². The highest BCUT2D eigenvalue weighted by Gasteiger charge is 2.20. The third-order valence-corrected chi connectivity index (χ3v) is 2.95. The second-order valence-corrected chi connectivity index (χ2v) is 4.80. The number of nitrogens with one attached hydrogen (secondary N) is 1. The van der Waals surface area contributed by atoms with Crippen molar-refractivity contribution < 1.29 is 9.15 Å². The molecular weight excluding hydrogens is 244 g/mol. The molecule has 1 fully saturated rings. The number of rotatable bonds is 7. The summed E-state index contributed by atoms with van der Waals surface area (Å²) >= 11 is 0. The van der Waals surface area contributed by atoms with Crippen LogP contribution in [0.2, 0.25) is 0 Å². The van der Waals surface area contributed by atoms with Crippen molar-refractivity contribution in [2.75, 3.05) is 0 Å². The standard InChI is InChI=1S/C13H18N4O2/c1-2-5-17-8-12(7-15-17)19-13-16-11(9-18-13)6-14-10-3-4-10/h7-10,14H,2-6H2,1H3. The van der Waals surface area contributed by atoms with Gasteiger partial charge in [-0.2, -0.15) is 10.1 Å². The van der Waals surface area contributed by atoms with Gasteiger partial charge in [0, 0.05) is 19.1 Å². The van der Waals surface area contributed by atoms with Gasteiger partial charge in [0.2, 0.25) is 0 Å². The lowest BCUT2D eigenvalue weighted by Gasteiger charge is -1.97. The molecule has 0 aromatic carbocycles. The second-order valence-electron chi connectivity index (χ2n) is 4.80. The minimum Gasteiger partial charge on any atom is -0.417 e. The van der Waals surface area contributed by atoms with E-state index in [1.807, 2.05) is 10.9 Å². The van der Waals surface area contributed by atoms with E-state index in [-0.39, 0.29) is 6.08 Å². The lowest BCUT2D eigenvalue weighted by Crippen LogP contribution is -2.15. The third-order valence-electron chi connectivity index (χ3n) is 2.95. The smallest absolute Gasteiger partial charge is 0.399 e. The van der Waals surface area contributed by atoms with Crippen LogP contribution in [-0.2, 0) is 13.1 Å². The largest absolute Gasteiger partial charge is 0.417 e. The summed E-state index contributed by atoms with van der Waals surface area (Å²) in [4.78, 5) is 4.27. The van der Waals surface area contributed by atoms with Crippen LogP contribution in [0.3, 0.4) is 0 Å². The summed E-state index contributed by atoms with van der Waals surface area (Å²) in [5.41, 5.74) is 0.864. The first-order valence-electron chi connectivity index (χ1n) is 6.71. The summed E-state index contributed by atoms with van der Waals surface area (Å²) < 4.78 is 12.6. The van der Waals surface area contributed by atoms with Crippen molar-refractivity contribution in [3.8, 4) is 11.8 Å². The quantitative estimate of drug-likeness (QED) is 0.829. The van der Waals surface area contributed by atoms with Gasteiger partial charge in [0.1, 0.15) is 6.26 Å². The zero-order valence-corrected chi connectivity index (χ0v) is 11.0. The Hall–Kier alpha value is -1.82. The van der Waals surface area contributed by atoms with Crippen LogP contribution in [-0.4, -0.2) is 20.8 Å². The van der Waals surface area contributed by atoms with Crippen LogP contribution in [0.1, 0.15) is 31.9 Å². The molecule has 0 saturated heterocycles. The van der Waals surface area contributed by atoms with E-state index >= 15 is 0 Å². The van der Waals surface area contributed by atoms with Crippen molar-refractivity contribution in [2.24, 2.45) is 0 Å². The number of aromatic nitrogens is 3. The van der Waals surface area contributed by atoms with Crippen molar-refractivity contribution in [3.05, 3.63) is 24.4 Å². The van der Waals surface area contributed by atoms with E-state index < -0.39 is 0 Å². The monoisotopic (exact) mass is 262 g/mol. The molecule has 0 radical (unpaired) electrons. The van der Waals surface area contributed by atoms with Gasteiger partial charge in [-0.05, 0) is 19.3 Å². The molecule has 1 aliphatic carbocycles. The summed E-state index contributed by atoms with van der Waals surface area (Å²) in [5.74, 6) is 0.650. The molecule has 2 aromatic heterocycles. The Kier molecular flexibility index (Phi) is 3.50. The Balaban J connectivity index is 1.55. The highest BCUT2D eigenvalue weighted by molar-refractivity contribution is 5.16. The lowest BCUT2D eigenvalue weighted by atomic mass is 10.5. The van der Waals surface area contributed by atoms with Crippen LogP contribution in [0.5, 0.6) is 11.8 Å². The molecule has 6 heteroatoms. The van der Waals surface area contributed by atoms with Gasteiger partial charge in [-0.15, -0.1) is 0 Å². The molecule has 2 aromatic rings. The SMILES string of the molecule is CCCn1cc(Oc2nc(CNC3CC3)co2)cn1. The molecule has 3 rings (SSSR count). The molecule has 0 spiro atoms. The number of ether oxygens (including phenoxy) is 1. The van der Waals surface area contributed by atoms with Crippen molar-refractivity contribution in [3.63, 3.8) is 0 Å². The van der Waals surface area contributed by atoms with Crippen molar-refractivity contribution in [1.29, 1.82) is 0 Å². The van der Waals surface area contributed by atoms with Gasteiger partial charge in [0.05, 0.1) is 18.1 Å². The average molecular weight is 262 g/mol. The van der Waals surface area contributed by atoms with E-state index in [1.165, 1.54) is 12.8 Å². The Morgan fingerprint density at radius 3 is 3.21 bits per heavy atom. The van der Waals surface area contributed by atoms with E-state index in [0.29, 0.717) is 11.8 Å². The number of aryl methyl sites for hydroxylation is 1. The molecule has 0 aliphatic heterocycles. The fraction of sp³-hybridized carbons (Fsp3) is 0.538. The number of nitrogens with zero attached hydrogens (tertiary/aromatic N) is 3. The Morgan fingerprint density at radius 2 is 2.42 bits per heavy atom. The van der Waals surface area contributed by atoms with E-state index in [0.717, 1.165) is 25.2 Å². The van der Waals surface area contributed by atoms with Gasteiger partial charge in [0.15, 0.2) is 5.75 Å². The predicted molar refractivity (Wildman–Crippen MR) is 69.0 cm³/mol. The summed E-state index contributed by atoms with van der Waals surface area (Å²) in [7, 11) is 0. The van der Waals surface area contributed by atoms with Gasteiger partial charge in [-0.25, -0.2) is 0 Å². The van der Waals surface area contributed by atoms with Gasteiger partial charge in [-0.3, -0.25) is 4.68 Å². The number of hydrogen-bond donors (Lipinski definition) is 1. The molecule has 6 nitrogen and oxygen atoms in total. The maximum Gasteiger partial charge on any atom is 0.399 e. The lowest BCUT2D eigenvalue weighted by molar-refractivity contribution is 0.330. The highest BCUT2D eigenvalue weighted by Crippen LogP contribution is 2.22. The minimum absolute atomic E-state index is 0.267. The van der Waals surface area contributed by atoms with E-state index in [4.69, 9.17) is 9.15 Å². The summed E-state index contributed by atoms with van der Waals surface area (Å²) in [6.07, 6.45) is 8.97. The Labute approximate surface area is 111 Å². The van der Waals surface area contributed by atoms with Crippen molar-refractivity contribution >= 4 is 0 Å². The maximum absolute atomic E-state index is 5.52. The van der Waals surface area contributed by atoms with Crippen molar-refractivity contribution in [1.82, 2.24) is 20.1 Å². The highest BCUT2D eigenvalue weighted by atomic mass is 16.6. The molecule has 0 bridgehead atoms.